The molecule has 0 fully saturated rings. The second-order valence-corrected chi connectivity index (χ2v) is 5.10. The van der Waals surface area contributed by atoms with Crippen LogP contribution in [0.15, 0.2) is 36.4 Å². The van der Waals surface area contributed by atoms with Crippen LogP contribution in [0.4, 0.5) is 4.39 Å². The first kappa shape index (κ1) is 14.2. The number of aromatic nitrogens is 2. The lowest BCUT2D eigenvalue weighted by molar-refractivity contribution is 0.386. The zero-order valence-electron chi connectivity index (χ0n) is 11.1. The minimum Gasteiger partial charge on any atom is -0.494 e. The summed E-state index contributed by atoms with van der Waals surface area (Å²) in [5, 5.41) is 0.534. The van der Waals surface area contributed by atoms with Gasteiger partial charge in [0.1, 0.15) is 11.3 Å². The predicted molar refractivity (Wildman–Crippen MR) is 82.1 cm³/mol. The number of para-hydroxylation sites is 1. The van der Waals surface area contributed by atoms with Crippen LogP contribution in [-0.4, -0.2) is 16.7 Å². The van der Waals surface area contributed by atoms with Gasteiger partial charge in [-0.15, -0.1) is 11.6 Å². The highest BCUT2D eigenvalue weighted by Crippen LogP contribution is 2.29. The summed E-state index contributed by atoms with van der Waals surface area (Å²) in [6.45, 7) is 0. The summed E-state index contributed by atoms with van der Waals surface area (Å²) in [5.41, 5.74) is 2.04. The Labute approximate surface area is 130 Å². The van der Waals surface area contributed by atoms with Gasteiger partial charge in [0.15, 0.2) is 11.6 Å². The van der Waals surface area contributed by atoms with Crippen molar-refractivity contribution in [2.75, 3.05) is 7.11 Å². The van der Waals surface area contributed by atoms with Crippen LogP contribution in [0.2, 0.25) is 5.02 Å². The van der Waals surface area contributed by atoms with Gasteiger partial charge in [0, 0.05) is 6.07 Å². The molecule has 0 saturated carbocycles. The maximum atomic E-state index is 13.9. The number of hydrogen-bond acceptors (Lipinski definition) is 2. The standard InChI is InChI=1S/C15H11Cl2FN2O/c1-21-13-6-5-9(7-11(13)18)20-12-4-2-3-10(17)15(12)19-14(20)8-16/h2-7H,8H2,1H3. The fourth-order valence-corrected chi connectivity index (χ4v) is 2.68. The summed E-state index contributed by atoms with van der Waals surface area (Å²) in [6, 6.07) is 10.1. The SMILES string of the molecule is COc1ccc(-n2c(CCl)nc3c(Cl)cccc32)cc1F. The first-order valence-corrected chi connectivity index (χ1v) is 7.12. The molecule has 0 bridgehead atoms. The van der Waals surface area contributed by atoms with Crippen LogP contribution in [0.1, 0.15) is 5.82 Å². The maximum absolute atomic E-state index is 13.9. The van der Waals surface area contributed by atoms with Crippen LogP contribution in [0.25, 0.3) is 16.7 Å². The molecular formula is C15H11Cl2FN2O. The summed E-state index contributed by atoms with van der Waals surface area (Å²) in [7, 11) is 1.43. The molecule has 108 valence electrons. The van der Waals surface area contributed by atoms with Crippen molar-refractivity contribution < 1.29 is 9.13 Å². The molecule has 2 aromatic carbocycles. The average Bonchev–Trinajstić information content (AvgIpc) is 2.87. The fraction of sp³-hybridized carbons (Fsp3) is 0.133. The Morgan fingerprint density at radius 3 is 2.76 bits per heavy atom. The molecule has 0 aliphatic rings. The van der Waals surface area contributed by atoms with Crippen molar-refractivity contribution in [2.45, 2.75) is 5.88 Å². The van der Waals surface area contributed by atoms with Crippen molar-refractivity contribution in [1.82, 2.24) is 9.55 Å². The summed E-state index contributed by atoms with van der Waals surface area (Å²) in [6.07, 6.45) is 0. The number of methoxy groups -OCH3 is 1. The summed E-state index contributed by atoms with van der Waals surface area (Å²) < 4.78 is 20.7. The summed E-state index contributed by atoms with van der Waals surface area (Å²) in [4.78, 5) is 4.42. The van der Waals surface area contributed by atoms with E-state index in [1.807, 2.05) is 12.1 Å². The lowest BCUT2D eigenvalue weighted by atomic mass is 10.2. The number of alkyl halides is 1. The minimum absolute atomic E-state index is 0.189. The molecule has 3 rings (SSSR count). The van der Waals surface area contributed by atoms with E-state index in [9.17, 15) is 4.39 Å². The number of hydrogen-bond donors (Lipinski definition) is 0. The third-order valence-corrected chi connectivity index (χ3v) is 3.76. The van der Waals surface area contributed by atoms with Gasteiger partial charge < -0.3 is 4.74 Å². The molecule has 0 N–H and O–H groups in total. The Morgan fingerprint density at radius 2 is 2.10 bits per heavy atom. The first-order valence-electron chi connectivity index (χ1n) is 6.21. The van der Waals surface area contributed by atoms with E-state index in [-0.39, 0.29) is 11.6 Å². The third kappa shape index (κ3) is 2.34. The predicted octanol–water partition coefficient (Wildman–Crippen LogP) is 4.57. The van der Waals surface area contributed by atoms with Crippen molar-refractivity contribution in [3.05, 3.63) is 53.1 Å². The van der Waals surface area contributed by atoms with E-state index < -0.39 is 5.82 Å². The van der Waals surface area contributed by atoms with Crippen LogP contribution in [0.5, 0.6) is 5.75 Å². The molecule has 1 heterocycles. The molecule has 0 atom stereocenters. The van der Waals surface area contributed by atoms with E-state index in [1.54, 1.807) is 22.8 Å². The van der Waals surface area contributed by atoms with Gasteiger partial charge in [-0.05, 0) is 24.3 Å². The monoisotopic (exact) mass is 324 g/mol. The van der Waals surface area contributed by atoms with Gasteiger partial charge in [0.05, 0.1) is 29.2 Å². The second-order valence-electron chi connectivity index (χ2n) is 4.42. The van der Waals surface area contributed by atoms with Crippen LogP contribution in [0.3, 0.4) is 0 Å². The number of fused-ring (bicyclic) bond motifs is 1. The van der Waals surface area contributed by atoms with Crippen molar-refractivity contribution in [3.63, 3.8) is 0 Å². The maximum Gasteiger partial charge on any atom is 0.167 e. The lowest BCUT2D eigenvalue weighted by Gasteiger charge is -2.09. The van der Waals surface area contributed by atoms with Gasteiger partial charge in [-0.3, -0.25) is 4.57 Å². The molecule has 0 radical (unpaired) electrons. The van der Waals surface area contributed by atoms with E-state index in [0.717, 1.165) is 5.52 Å². The van der Waals surface area contributed by atoms with Gasteiger partial charge in [-0.1, -0.05) is 17.7 Å². The van der Waals surface area contributed by atoms with E-state index in [0.29, 0.717) is 22.1 Å². The zero-order valence-corrected chi connectivity index (χ0v) is 12.6. The smallest absolute Gasteiger partial charge is 0.167 e. The molecule has 6 heteroatoms. The zero-order chi connectivity index (χ0) is 15.0. The highest BCUT2D eigenvalue weighted by atomic mass is 35.5. The Kier molecular flexibility index (Phi) is 3.74. The number of nitrogens with zero attached hydrogens (tertiary/aromatic N) is 2. The third-order valence-electron chi connectivity index (χ3n) is 3.22. The summed E-state index contributed by atoms with van der Waals surface area (Å²) in [5.74, 6) is 0.538. The molecule has 0 amide bonds. The van der Waals surface area contributed by atoms with Crippen molar-refractivity contribution in [1.29, 1.82) is 0 Å². The molecule has 0 aliphatic carbocycles. The van der Waals surface area contributed by atoms with Crippen molar-refractivity contribution in [3.8, 4) is 11.4 Å². The molecule has 21 heavy (non-hydrogen) atoms. The van der Waals surface area contributed by atoms with Crippen LogP contribution < -0.4 is 4.74 Å². The Morgan fingerprint density at radius 1 is 1.29 bits per heavy atom. The highest BCUT2D eigenvalue weighted by Gasteiger charge is 2.15. The van der Waals surface area contributed by atoms with Crippen molar-refractivity contribution in [2.24, 2.45) is 0 Å². The quantitative estimate of drug-likeness (QED) is 0.660. The first-order chi connectivity index (χ1) is 10.2. The van der Waals surface area contributed by atoms with Gasteiger partial charge in [0.25, 0.3) is 0 Å². The van der Waals surface area contributed by atoms with Crippen molar-refractivity contribution >= 4 is 34.2 Å². The van der Waals surface area contributed by atoms with Crippen LogP contribution in [-0.2, 0) is 5.88 Å². The molecule has 0 spiro atoms. The lowest BCUT2D eigenvalue weighted by Crippen LogP contribution is -2.00. The van der Waals surface area contributed by atoms with Gasteiger partial charge in [-0.25, -0.2) is 9.37 Å². The van der Waals surface area contributed by atoms with Crippen LogP contribution >= 0.6 is 23.2 Å². The number of halogens is 3. The molecule has 3 nitrogen and oxygen atoms in total. The van der Waals surface area contributed by atoms with Gasteiger partial charge in [0.2, 0.25) is 0 Å². The van der Waals surface area contributed by atoms with E-state index in [2.05, 4.69) is 4.98 Å². The largest absolute Gasteiger partial charge is 0.494 e. The number of rotatable bonds is 3. The molecule has 1 aromatic heterocycles. The summed E-state index contributed by atoms with van der Waals surface area (Å²) >= 11 is 12.1. The molecule has 0 unspecified atom stereocenters. The molecule has 0 aliphatic heterocycles. The molecule has 3 aromatic rings. The molecular weight excluding hydrogens is 314 g/mol. The normalized spacial score (nSPS) is 11.0. The van der Waals surface area contributed by atoms with E-state index in [4.69, 9.17) is 27.9 Å². The molecule has 0 saturated heterocycles. The fourth-order valence-electron chi connectivity index (χ4n) is 2.29. The number of ether oxygens (including phenoxy) is 1. The number of imidazole rings is 1. The highest BCUT2D eigenvalue weighted by molar-refractivity contribution is 6.35. The average molecular weight is 325 g/mol. The van der Waals surface area contributed by atoms with E-state index in [1.165, 1.54) is 13.2 Å². The van der Waals surface area contributed by atoms with Gasteiger partial charge in [-0.2, -0.15) is 0 Å². The Hall–Kier alpha value is -1.78. The second kappa shape index (κ2) is 5.54. The van der Waals surface area contributed by atoms with Crippen LogP contribution in [0, 0.1) is 5.82 Å². The topological polar surface area (TPSA) is 27.1 Å². The Balaban J connectivity index is 2.28. The van der Waals surface area contributed by atoms with Gasteiger partial charge >= 0.3 is 0 Å². The number of benzene rings is 2. The van der Waals surface area contributed by atoms with E-state index >= 15 is 0 Å². The minimum atomic E-state index is -0.445. The Bertz CT molecular complexity index is 817.